The van der Waals surface area contributed by atoms with Crippen LogP contribution in [0.1, 0.15) is 43.5 Å². The van der Waals surface area contributed by atoms with Crippen LogP contribution in [0.3, 0.4) is 0 Å². The third kappa shape index (κ3) is 9.53. The van der Waals surface area contributed by atoms with Crippen molar-refractivity contribution in [2.75, 3.05) is 26.9 Å². The molecule has 0 radical (unpaired) electrons. The highest BCUT2D eigenvalue weighted by Gasteiger charge is 2.32. The van der Waals surface area contributed by atoms with Crippen molar-refractivity contribution in [3.63, 3.8) is 0 Å². The molecule has 250 valence electrons. The molecule has 1 aliphatic rings. The van der Waals surface area contributed by atoms with Crippen LogP contribution < -0.4 is 35.0 Å². The van der Waals surface area contributed by atoms with Crippen molar-refractivity contribution >= 4 is 45.7 Å². The van der Waals surface area contributed by atoms with Crippen LogP contribution in [0.2, 0.25) is 5.02 Å². The number of carbonyl (C=O) groups is 2. The molecule has 3 aromatic rings. The molecule has 1 aliphatic heterocycles. The van der Waals surface area contributed by atoms with Gasteiger partial charge in [0.15, 0.2) is 29.2 Å². The number of hydrazone groups is 1. The predicted molar refractivity (Wildman–Crippen MR) is 180 cm³/mol. The van der Waals surface area contributed by atoms with Crippen molar-refractivity contribution in [3.05, 3.63) is 92.1 Å². The number of benzene rings is 3. The Morgan fingerprint density at radius 2 is 1.77 bits per heavy atom. The zero-order valence-corrected chi connectivity index (χ0v) is 28.6. The number of urea groups is 1. The fourth-order valence-corrected chi connectivity index (χ4v) is 5.32. The molecule has 3 aromatic carbocycles. The summed E-state index contributed by atoms with van der Waals surface area (Å²) in [6.45, 7) is 6.23. The number of carbonyl (C=O) groups excluding carboxylic acids is 2. The topological polar surface area (TPSA) is 149 Å². The summed E-state index contributed by atoms with van der Waals surface area (Å²) in [5.74, 6) is 1.21. The summed E-state index contributed by atoms with van der Waals surface area (Å²) in [4.78, 5) is 24.6. The molecule has 0 bridgehead atoms. The number of hydrogen-bond acceptors (Lipinski definition) is 10. The third-order valence-electron chi connectivity index (χ3n) is 6.74. The summed E-state index contributed by atoms with van der Waals surface area (Å²) in [6, 6.07) is 14.8. The van der Waals surface area contributed by atoms with Crippen LogP contribution in [-0.4, -0.2) is 56.5 Å². The van der Waals surface area contributed by atoms with Crippen molar-refractivity contribution in [1.29, 1.82) is 0 Å². The van der Waals surface area contributed by atoms with Crippen LogP contribution in [0.5, 0.6) is 23.0 Å². The zero-order chi connectivity index (χ0) is 33.9. The van der Waals surface area contributed by atoms with E-state index in [0.717, 1.165) is 5.56 Å². The number of nitrogens with one attached hydrogen (secondary N) is 3. The van der Waals surface area contributed by atoms with E-state index in [1.165, 1.54) is 13.3 Å². The first-order chi connectivity index (χ1) is 22.6. The Hall–Kier alpha value is -4.46. The molecular weight excluding hydrogens is 696 g/mol. The van der Waals surface area contributed by atoms with Gasteiger partial charge in [0.05, 0.1) is 42.6 Å². The average Bonchev–Trinajstić information content (AvgIpc) is 3.04. The monoisotopic (exact) mass is 730 g/mol. The second kappa shape index (κ2) is 16.9. The van der Waals surface area contributed by atoms with Gasteiger partial charge in [-0.2, -0.15) is 5.10 Å². The first-order valence-electron chi connectivity index (χ1n) is 14.7. The smallest absolute Gasteiger partial charge is 0.337 e. The number of esters is 1. The van der Waals surface area contributed by atoms with E-state index in [1.54, 1.807) is 43.3 Å². The molecular formula is C33H36BrClN4O8. The molecule has 4 N–H and O–H groups in total. The number of amides is 2. The van der Waals surface area contributed by atoms with Gasteiger partial charge in [-0.05, 0) is 89.8 Å². The van der Waals surface area contributed by atoms with Crippen molar-refractivity contribution in [3.8, 4) is 23.0 Å². The van der Waals surface area contributed by atoms with Crippen molar-refractivity contribution < 1.29 is 38.4 Å². The molecule has 12 nitrogen and oxygen atoms in total. The van der Waals surface area contributed by atoms with E-state index in [-0.39, 0.29) is 12.2 Å². The quantitative estimate of drug-likeness (QED) is 0.0679. The first-order valence-corrected chi connectivity index (χ1v) is 15.9. The summed E-state index contributed by atoms with van der Waals surface area (Å²) < 4.78 is 29.0. The number of rotatable bonds is 15. The SMILES string of the molecule is CCOc1cc([C@@H]2NC(=O)NC(C)=C2C(=O)OC)ccc1OC[C@@H](O)N/N=C/c1cc(Br)c(OCc2ccc(Cl)cc2)c(OCC)c1. The largest absolute Gasteiger partial charge is 0.490 e. The van der Waals surface area contributed by atoms with Gasteiger partial charge in [-0.1, -0.05) is 29.8 Å². The summed E-state index contributed by atoms with van der Waals surface area (Å²) in [6.07, 6.45) is 0.360. The maximum atomic E-state index is 12.5. The van der Waals surface area contributed by atoms with Crippen LogP contribution in [0.4, 0.5) is 4.79 Å². The number of methoxy groups -OCH3 is 1. The second-order valence-electron chi connectivity index (χ2n) is 10.1. The van der Waals surface area contributed by atoms with E-state index in [2.05, 4.69) is 37.1 Å². The van der Waals surface area contributed by atoms with Crippen LogP contribution in [0.25, 0.3) is 0 Å². The minimum atomic E-state index is -1.17. The van der Waals surface area contributed by atoms with Gasteiger partial charge in [-0.15, -0.1) is 0 Å². The Labute approximate surface area is 286 Å². The molecule has 0 saturated heterocycles. The molecule has 0 aliphatic carbocycles. The van der Waals surface area contributed by atoms with Crippen LogP contribution >= 0.6 is 27.5 Å². The molecule has 0 aromatic heterocycles. The highest BCUT2D eigenvalue weighted by atomic mass is 79.9. The second-order valence-corrected chi connectivity index (χ2v) is 11.4. The molecule has 0 spiro atoms. The minimum Gasteiger partial charge on any atom is -0.490 e. The molecule has 0 unspecified atom stereocenters. The highest BCUT2D eigenvalue weighted by Crippen LogP contribution is 2.38. The van der Waals surface area contributed by atoms with E-state index in [4.69, 9.17) is 35.3 Å². The van der Waals surface area contributed by atoms with Gasteiger partial charge in [0.1, 0.15) is 13.2 Å². The Kier molecular flexibility index (Phi) is 12.7. The van der Waals surface area contributed by atoms with Gasteiger partial charge in [0.2, 0.25) is 0 Å². The first kappa shape index (κ1) is 35.4. The van der Waals surface area contributed by atoms with Gasteiger partial charge >= 0.3 is 12.0 Å². The third-order valence-corrected chi connectivity index (χ3v) is 7.58. The van der Waals surface area contributed by atoms with Crippen molar-refractivity contribution in [2.24, 2.45) is 5.10 Å². The standard InChI is InChI=1S/C33H36BrClN4O8/c1-5-44-26-15-22(30-29(32(41)43-4)19(3)37-33(42)38-30)9-12-25(26)46-18-28(40)39-36-16-21-13-24(34)31(27(14-21)45-6-2)47-17-20-7-10-23(35)11-8-20/h7-16,28,30,39-40H,5-6,17-18H2,1-4H3,(H2,37,38,42)/b36-16+/t28-,30+/m1/s1. The number of aliphatic hydroxyl groups excluding tert-OH is 1. The maximum absolute atomic E-state index is 12.5. The number of nitrogens with zero attached hydrogens (tertiary/aromatic N) is 1. The van der Waals surface area contributed by atoms with Gasteiger partial charge in [0.25, 0.3) is 0 Å². The highest BCUT2D eigenvalue weighted by molar-refractivity contribution is 9.10. The van der Waals surface area contributed by atoms with E-state index in [9.17, 15) is 14.7 Å². The zero-order valence-electron chi connectivity index (χ0n) is 26.3. The number of aliphatic hydroxyl groups is 1. The molecule has 2 atom stereocenters. The summed E-state index contributed by atoms with van der Waals surface area (Å²) >= 11 is 9.53. The Balaban J connectivity index is 1.40. The van der Waals surface area contributed by atoms with E-state index in [1.807, 2.05) is 32.0 Å². The predicted octanol–water partition coefficient (Wildman–Crippen LogP) is 5.60. The van der Waals surface area contributed by atoms with Gasteiger partial charge in [-0.3, -0.25) is 5.43 Å². The van der Waals surface area contributed by atoms with Gasteiger partial charge < -0.3 is 39.4 Å². The molecule has 2 amide bonds. The van der Waals surface area contributed by atoms with Crippen LogP contribution in [0, 0.1) is 0 Å². The minimum absolute atomic E-state index is 0.168. The lowest BCUT2D eigenvalue weighted by Crippen LogP contribution is -2.45. The van der Waals surface area contributed by atoms with Crippen molar-refractivity contribution in [2.45, 2.75) is 39.6 Å². The number of hydrogen-bond donors (Lipinski definition) is 4. The van der Waals surface area contributed by atoms with E-state index < -0.39 is 24.3 Å². The number of halogens is 2. The maximum Gasteiger partial charge on any atom is 0.337 e. The van der Waals surface area contributed by atoms with Gasteiger partial charge in [-0.25, -0.2) is 9.59 Å². The molecule has 1 heterocycles. The molecule has 4 rings (SSSR count). The normalized spacial score (nSPS) is 15.0. The summed E-state index contributed by atoms with van der Waals surface area (Å²) in [7, 11) is 1.27. The fraction of sp³-hybridized carbons (Fsp3) is 0.303. The molecule has 14 heteroatoms. The summed E-state index contributed by atoms with van der Waals surface area (Å²) in [5.41, 5.74) is 5.51. The van der Waals surface area contributed by atoms with Crippen LogP contribution in [-0.2, 0) is 16.1 Å². The van der Waals surface area contributed by atoms with Crippen LogP contribution in [0.15, 0.2) is 75.4 Å². The lowest BCUT2D eigenvalue weighted by atomic mass is 9.95. The fourth-order valence-electron chi connectivity index (χ4n) is 4.62. The Morgan fingerprint density at radius 1 is 1.04 bits per heavy atom. The number of ether oxygens (including phenoxy) is 5. The molecule has 0 saturated carbocycles. The Morgan fingerprint density at radius 3 is 2.47 bits per heavy atom. The van der Waals surface area contributed by atoms with E-state index >= 15 is 0 Å². The summed E-state index contributed by atoms with van der Waals surface area (Å²) in [5, 5.41) is 20.6. The van der Waals surface area contributed by atoms with Crippen molar-refractivity contribution in [1.82, 2.24) is 16.1 Å². The number of allylic oxidation sites excluding steroid dienone is 1. The lowest BCUT2D eigenvalue weighted by molar-refractivity contribution is -0.136. The van der Waals surface area contributed by atoms with Gasteiger partial charge in [0, 0.05) is 10.7 Å². The van der Waals surface area contributed by atoms with E-state index in [0.29, 0.717) is 69.1 Å². The average molecular weight is 732 g/mol. The molecule has 0 fully saturated rings. The Bertz CT molecular complexity index is 1630. The molecule has 47 heavy (non-hydrogen) atoms. The lowest BCUT2D eigenvalue weighted by Gasteiger charge is -2.28.